The number of hydrogen-bond acceptors (Lipinski definition) is 3. The molecule has 1 aromatic heterocycles. The summed E-state index contributed by atoms with van der Waals surface area (Å²) < 4.78 is 0. The Morgan fingerprint density at radius 3 is 3.05 bits per heavy atom. The Hall–Kier alpha value is -1.07. The molecule has 0 bridgehead atoms. The molecule has 1 unspecified atom stereocenters. The first kappa shape index (κ1) is 16.3. The molecule has 118 valence electrons. The molecule has 1 aromatic rings. The van der Waals surface area contributed by atoms with E-state index in [4.69, 9.17) is 5.73 Å². The van der Waals surface area contributed by atoms with Crippen LogP contribution in [0.5, 0.6) is 0 Å². The van der Waals surface area contributed by atoms with Gasteiger partial charge < -0.3 is 11.1 Å². The molecule has 21 heavy (non-hydrogen) atoms. The normalized spacial score (nSPS) is 17.8. The van der Waals surface area contributed by atoms with Crippen molar-refractivity contribution in [1.29, 1.82) is 0 Å². The Labute approximate surface area is 132 Å². The maximum Gasteiger partial charge on any atom is 0.188 e. The third-order valence-electron chi connectivity index (χ3n) is 4.01. The largest absolute Gasteiger partial charge is 0.370 e. The zero-order chi connectivity index (χ0) is 15.2. The maximum atomic E-state index is 5.92. The van der Waals surface area contributed by atoms with Crippen molar-refractivity contribution < 1.29 is 0 Å². The number of guanidine groups is 1. The van der Waals surface area contributed by atoms with Crippen molar-refractivity contribution >= 4 is 17.3 Å². The van der Waals surface area contributed by atoms with E-state index in [-0.39, 0.29) is 0 Å². The smallest absolute Gasteiger partial charge is 0.188 e. The van der Waals surface area contributed by atoms with Gasteiger partial charge in [-0.05, 0) is 42.7 Å². The third-order valence-corrected chi connectivity index (χ3v) is 5.04. The van der Waals surface area contributed by atoms with Crippen LogP contribution in [0.15, 0.2) is 16.4 Å². The monoisotopic (exact) mass is 308 g/mol. The van der Waals surface area contributed by atoms with Gasteiger partial charge in [0.2, 0.25) is 0 Å². The second-order valence-corrected chi connectivity index (χ2v) is 7.27. The van der Waals surface area contributed by atoms with Gasteiger partial charge in [-0.3, -0.25) is 9.89 Å². The fourth-order valence-corrected chi connectivity index (χ4v) is 3.43. The first-order chi connectivity index (χ1) is 10.1. The van der Waals surface area contributed by atoms with Crippen LogP contribution in [0.4, 0.5) is 0 Å². The average Bonchev–Trinajstić information content (AvgIpc) is 2.91. The van der Waals surface area contributed by atoms with E-state index in [9.17, 15) is 0 Å². The Bertz CT molecular complexity index is 467. The number of nitrogens with two attached hydrogens (primary N) is 1. The van der Waals surface area contributed by atoms with Crippen LogP contribution in [0.1, 0.15) is 37.6 Å². The van der Waals surface area contributed by atoms with E-state index in [1.165, 1.54) is 12.0 Å². The van der Waals surface area contributed by atoms with Crippen molar-refractivity contribution in [3.05, 3.63) is 21.9 Å². The van der Waals surface area contributed by atoms with Crippen molar-refractivity contribution in [2.75, 3.05) is 19.6 Å². The van der Waals surface area contributed by atoms with Crippen LogP contribution in [-0.2, 0) is 13.0 Å². The van der Waals surface area contributed by atoms with Crippen LogP contribution in [0.25, 0.3) is 0 Å². The minimum Gasteiger partial charge on any atom is -0.370 e. The summed E-state index contributed by atoms with van der Waals surface area (Å²) in [7, 11) is 0. The molecule has 0 fully saturated rings. The van der Waals surface area contributed by atoms with Gasteiger partial charge in [-0.2, -0.15) is 0 Å². The maximum absolute atomic E-state index is 5.92. The molecule has 5 heteroatoms. The van der Waals surface area contributed by atoms with E-state index in [0.29, 0.717) is 17.9 Å². The van der Waals surface area contributed by atoms with Gasteiger partial charge in [0.15, 0.2) is 5.96 Å². The topological polar surface area (TPSA) is 53.6 Å². The minimum atomic E-state index is 0.434. The van der Waals surface area contributed by atoms with Crippen LogP contribution in [0, 0.1) is 5.92 Å². The molecule has 0 spiro atoms. The highest BCUT2D eigenvalue weighted by Gasteiger charge is 2.21. The molecule has 0 aromatic carbocycles. The highest BCUT2D eigenvalue weighted by Crippen LogP contribution is 2.25. The van der Waals surface area contributed by atoms with Gasteiger partial charge >= 0.3 is 0 Å². The number of thiophene rings is 1. The Kier molecular flexibility index (Phi) is 6.06. The molecular formula is C16H28N4S. The fourth-order valence-electron chi connectivity index (χ4n) is 2.54. The van der Waals surface area contributed by atoms with Crippen LogP contribution < -0.4 is 11.1 Å². The predicted octanol–water partition coefficient (Wildman–Crippen LogP) is 2.45. The molecule has 0 amide bonds. The third kappa shape index (κ3) is 5.00. The molecule has 2 rings (SSSR count). The molecule has 0 radical (unpaired) electrons. The number of rotatable bonds is 6. The van der Waals surface area contributed by atoms with Crippen LogP contribution in [0.3, 0.4) is 0 Å². The Balaban J connectivity index is 1.75. The quantitative estimate of drug-likeness (QED) is 0.627. The molecule has 0 aliphatic carbocycles. The summed E-state index contributed by atoms with van der Waals surface area (Å²) in [4.78, 5) is 8.54. The predicted molar refractivity (Wildman–Crippen MR) is 91.8 cm³/mol. The molecule has 4 nitrogen and oxygen atoms in total. The lowest BCUT2D eigenvalue weighted by molar-refractivity contribution is 0.197. The summed E-state index contributed by atoms with van der Waals surface area (Å²) in [6.07, 6.45) is 2.29. The number of nitrogens with zero attached hydrogens (tertiary/aromatic N) is 2. The first-order valence-electron chi connectivity index (χ1n) is 7.89. The van der Waals surface area contributed by atoms with Crippen molar-refractivity contribution in [3.8, 4) is 0 Å². The lowest BCUT2D eigenvalue weighted by atomic mass is 10.1. The minimum absolute atomic E-state index is 0.434. The number of fused-ring (bicyclic) bond motifs is 1. The highest BCUT2D eigenvalue weighted by atomic mass is 32.1. The Morgan fingerprint density at radius 2 is 2.29 bits per heavy atom. The highest BCUT2D eigenvalue weighted by molar-refractivity contribution is 7.10. The van der Waals surface area contributed by atoms with E-state index >= 15 is 0 Å². The van der Waals surface area contributed by atoms with E-state index in [0.717, 1.165) is 32.6 Å². The van der Waals surface area contributed by atoms with Gasteiger partial charge in [0.1, 0.15) is 0 Å². The zero-order valence-corrected chi connectivity index (χ0v) is 14.2. The second-order valence-electron chi connectivity index (χ2n) is 6.27. The zero-order valence-electron chi connectivity index (χ0n) is 13.4. The number of aliphatic imine (C=N–C) groups is 1. The molecule has 1 aliphatic rings. The van der Waals surface area contributed by atoms with Gasteiger partial charge in [0.25, 0.3) is 0 Å². The van der Waals surface area contributed by atoms with Crippen molar-refractivity contribution in [2.24, 2.45) is 16.6 Å². The summed E-state index contributed by atoms with van der Waals surface area (Å²) in [6.45, 7) is 10.5. The summed E-state index contributed by atoms with van der Waals surface area (Å²) in [5, 5.41) is 5.40. The fraction of sp³-hybridized carbons (Fsp3) is 0.688. The average molecular weight is 308 g/mol. The van der Waals surface area contributed by atoms with E-state index in [1.54, 1.807) is 4.88 Å². The molecule has 1 aliphatic heterocycles. The molecule has 1 atom stereocenters. The lowest BCUT2D eigenvalue weighted by Gasteiger charge is -2.31. The number of hydrogen-bond donors (Lipinski definition) is 2. The molecule has 2 heterocycles. The van der Waals surface area contributed by atoms with Crippen LogP contribution >= 0.6 is 11.3 Å². The van der Waals surface area contributed by atoms with Crippen molar-refractivity contribution in [1.82, 2.24) is 10.2 Å². The van der Waals surface area contributed by atoms with Gasteiger partial charge in [-0.15, -0.1) is 11.3 Å². The molecule has 0 saturated carbocycles. The molecular weight excluding hydrogens is 280 g/mol. The SMILES string of the molecule is CC(C)CCNC(N)=NCC(C)N1CCc2sccc2C1. The summed E-state index contributed by atoms with van der Waals surface area (Å²) >= 11 is 1.88. The van der Waals surface area contributed by atoms with Crippen molar-refractivity contribution in [3.63, 3.8) is 0 Å². The van der Waals surface area contributed by atoms with E-state index < -0.39 is 0 Å². The number of nitrogens with one attached hydrogen (secondary N) is 1. The standard InChI is InChI=1S/C16H28N4S/c1-12(2)4-7-18-16(17)19-10-13(3)20-8-5-15-14(11-20)6-9-21-15/h6,9,12-13H,4-5,7-8,10-11H2,1-3H3,(H3,17,18,19). The molecule has 0 saturated heterocycles. The van der Waals surface area contributed by atoms with Crippen molar-refractivity contribution in [2.45, 2.75) is 46.2 Å². The first-order valence-corrected chi connectivity index (χ1v) is 8.77. The van der Waals surface area contributed by atoms with E-state index in [1.807, 2.05) is 11.3 Å². The molecule has 3 N–H and O–H groups in total. The van der Waals surface area contributed by atoms with Gasteiger partial charge in [-0.25, -0.2) is 0 Å². The van der Waals surface area contributed by atoms with Gasteiger partial charge in [0, 0.05) is 30.6 Å². The Morgan fingerprint density at radius 1 is 1.48 bits per heavy atom. The lowest BCUT2D eigenvalue weighted by Crippen LogP contribution is -2.40. The summed E-state index contributed by atoms with van der Waals surface area (Å²) in [5.41, 5.74) is 7.41. The summed E-state index contributed by atoms with van der Waals surface area (Å²) in [5.74, 6) is 1.27. The second kappa shape index (κ2) is 7.80. The van der Waals surface area contributed by atoms with Crippen LogP contribution in [-0.4, -0.2) is 36.5 Å². The van der Waals surface area contributed by atoms with Gasteiger partial charge in [-0.1, -0.05) is 13.8 Å². The van der Waals surface area contributed by atoms with Crippen LogP contribution in [0.2, 0.25) is 0 Å². The van der Waals surface area contributed by atoms with Gasteiger partial charge in [0.05, 0.1) is 6.54 Å². The van der Waals surface area contributed by atoms with E-state index in [2.05, 4.69) is 47.4 Å². The summed E-state index contributed by atoms with van der Waals surface area (Å²) in [6, 6.07) is 2.69.